The summed E-state index contributed by atoms with van der Waals surface area (Å²) in [4.78, 5) is 20.4. The molecule has 0 unspecified atom stereocenters. The molecule has 0 radical (unpaired) electrons. The lowest BCUT2D eigenvalue weighted by Crippen LogP contribution is -2.45. The normalized spacial score (nSPS) is 22.6. The summed E-state index contributed by atoms with van der Waals surface area (Å²) in [6.45, 7) is 2.89. The van der Waals surface area contributed by atoms with E-state index in [-0.39, 0.29) is 5.56 Å². The Bertz CT molecular complexity index is 489. The maximum atomic E-state index is 11.5. The summed E-state index contributed by atoms with van der Waals surface area (Å²) >= 11 is 3.28. The lowest BCUT2D eigenvalue weighted by Gasteiger charge is -2.38. The number of aromatic amines is 1. The number of rotatable bonds is 1. The van der Waals surface area contributed by atoms with Crippen molar-refractivity contribution in [2.24, 2.45) is 0 Å². The van der Waals surface area contributed by atoms with Crippen LogP contribution in [0.4, 0.5) is 5.82 Å². The number of H-pyrrole nitrogens is 1. The van der Waals surface area contributed by atoms with E-state index in [2.05, 4.69) is 30.8 Å². The highest BCUT2D eigenvalue weighted by molar-refractivity contribution is 9.10. The minimum absolute atomic E-state index is 0.159. The van der Waals surface area contributed by atoms with Crippen molar-refractivity contribution in [1.82, 2.24) is 9.97 Å². The van der Waals surface area contributed by atoms with Gasteiger partial charge in [0.15, 0.2) is 5.79 Å². The molecule has 3 heterocycles. The van der Waals surface area contributed by atoms with E-state index in [0.29, 0.717) is 23.5 Å². The van der Waals surface area contributed by atoms with Gasteiger partial charge in [-0.3, -0.25) is 4.79 Å². The van der Waals surface area contributed by atoms with E-state index in [0.717, 1.165) is 25.9 Å². The Morgan fingerprint density at radius 3 is 2.67 bits per heavy atom. The number of halogens is 1. The quantitative estimate of drug-likeness (QED) is 0.833. The van der Waals surface area contributed by atoms with E-state index >= 15 is 0 Å². The van der Waals surface area contributed by atoms with E-state index in [9.17, 15) is 4.79 Å². The van der Waals surface area contributed by atoms with Crippen LogP contribution in [0.2, 0.25) is 0 Å². The Balaban J connectivity index is 1.76. The summed E-state index contributed by atoms with van der Waals surface area (Å²) in [6.07, 6.45) is 3.03. The summed E-state index contributed by atoms with van der Waals surface area (Å²) in [5, 5.41) is 0. The Kier molecular flexibility index (Phi) is 3.13. The predicted molar refractivity (Wildman–Crippen MR) is 68.6 cm³/mol. The molecule has 7 heteroatoms. The van der Waals surface area contributed by atoms with E-state index in [1.165, 1.54) is 6.33 Å². The topological polar surface area (TPSA) is 67.5 Å². The van der Waals surface area contributed by atoms with Crippen LogP contribution in [0.15, 0.2) is 15.6 Å². The number of aromatic nitrogens is 2. The third-order valence-electron chi connectivity index (χ3n) is 3.42. The molecule has 0 aliphatic carbocycles. The summed E-state index contributed by atoms with van der Waals surface area (Å²) in [7, 11) is 0. The van der Waals surface area contributed by atoms with Crippen LogP contribution in [-0.2, 0) is 9.47 Å². The molecule has 0 amide bonds. The molecule has 98 valence electrons. The molecule has 2 aliphatic heterocycles. The van der Waals surface area contributed by atoms with Gasteiger partial charge >= 0.3 is 0 Å². The van der Waals surface area contributed by atoms with Gasteiger partial charge in [0.1, 0.15) is 10.3 Å². The molecule has 2 aliphatic rings. The van der Waals surface area contributed by atoms with Gasteiger partial charge in [-0.05, 0) is 15.9 Å². The number of ether oxygens (including phenoxy) is 2. The Morgan fingerprint density at radius 1 is 1.33 bits per heavy atom. The van der Waals surface area contributed by atoms with Gasteiger partial charge in [0.05, 0.1) is 19.5 Å². The van der Waals surface area contributed by atoms with Gasteiger partial charge in [0.2, 0.25) is 0 Å². The summed E-state index contributed by atoms with van der Waals surface area (Å²) < 4.78 is 11.8. The maximum Gasteiger partial charge on any atom is 0.267 e. The maximum absolute atomic E-state index is 11.5. The van der Waals surface area contributed by atoms with Crippen molar-refractivity contribution in [3.8, 4) is 0 Å². The predicted octanol–water partition coefficient (Wildman–Crippen LogP) is 0.876. The van der Waals surface area contributed by atoms with Crippen molar-refractivity contribution in [2.75, 3.05) is 31.2 Å². The monoisotopic (exact) mass is 315 g/mol. The fourth-order valence-electron chi connectivity index (χ4n) is 2.44. The van der Waals surface area contributed by atoms with Crippen LogP contribution in [0.25, 0.3) is 0 Å². The third-order valence-corrected chi connectivity index (χ3v) is 4.13. The SMILES string of the molecule is O=c1[nH]cnc(N2CCC3(CC2)OCCO3)c1Br. The van der Waals surface area contributed by atoms with Crippen molar-refractivity contribution in [3.63, 3.8) is 0 Å². The molecule has 0 atom stereocenters. The molecule has 18 heavy (non-hydrogen) atoms. The standard InChI is InChI=1S/C11H14BrN3O3/c12-8-9(13-7-14-10(8)16)15-3-1-11(2-4-15)17-5-6-18-11/h7H,1-6H2,(H,13,14,16). The van der Waals surface area contributed by atoms with Gasteiger partial charge in [0.25, 0.3) is 5.56 Å². The zero-order valence-electron chi connectivity index (χ0n) is 9.82. The molecule has 3 rings (SSSR count). The van der Waals surface area contributed by atoms with Crippen molar-refractivity contribution in [1.29, 1.82) is 0 Å². The molecule has 0 bridgehead atoms. The molecule has 2 fully saturated rings. The molecule has 1 aromatic rings. The minimum atomic E-state index is -0.399. The van der Waals surface area contributed by atoms with Crippen LogP contribution in [0.1, 0.15) is 12.8 Å². The van der Waals surface area contributed by atoms with E-state index in [4.69, 9.17) is 9.47 Å². The zero-order valence-corrected chi connectivity index (χ0v) is 11.4. The van der Waals surface area contributed by atoms with Crippen LogP contribution in [0, 0.1) is 0 Å². The van der Waals surface area contributed by atoms with Crippen molar-refractivity contribution in [2.45, 2.75) is 18.6 Å². The molecule has 1 aromatic heterocycles. The van der Waals surface area contributed by atoms with Crippen molar-refractivity contribution >= 4 is 21.7 Å². The summed E-state index contributed by atoms with van der Waals surface area (Å²) in [5.41, 5.74) is -0.159. The molecule has 0 aromatic carbocycles. The second kappa shape index (κ2) is 4.64. The highest BCUT2D eigenvalue weighted by Gasteiger charge is 2.40. The van der Waals surface area contributed by atoms with E-state index in [1.807, 2.05) is 0 Å². The first-order chi connectivity index (χ1) is 8.70. The fraction of sp³-hybridized carbons (Fsp3) is 0.636. The molecular formula is C11H14BrN3O3. The fourth-order valence-corrected chi connectivity index (χ4v) is 2.91. The van der Waals surface area contributed by atoms with Gasteiger partial charge in [-0.1, -0.05) is 0 Å². The molecule has 1 N–H and O–H groups in total. The average Bonchev–Trinajstić information content (AvgIpc) is 2.83. The molecule has 0 saturated carbocycles. The molecule has 1 spiro atoms. The van der Waals surface area contributed by atoms with Crippen molar-refractivity contribution in [3.05, 3.63) is 21.2 Å². The zero-order chi connectivity index (χ0) is 12.6. The first-order valence-electron chi connectivity index (χ1n) is 5.96. The van der Waals surface area contributed by atoms with E-state index < -0.39 is 5.79 Å². The molecule has 2 saturated heterocycles. The smallest absolute Gasteiger partial charge is 0.267 e. The molecule has 6 nitrogen and oxygen atoms in total. The second-order valence-electron chi connectivity index (χ2n) is 4.46. The number of piperidine rings is 1. The van der Waals surface area contributed by atoms with Crippen LogP contribution in [0.3, 0.4) is 0 Å². The minimum Gasteiger partial charge on any atom is -0.355 e. The number of hydrogen-bond donors (Lipinski definition) is 1. The first kappa shape index (κ1) is 12.1. The van der Waals surface area contributed by atoms with Gasteiger partial charge in [-0.2, -0.15) is 0 Å². The molecular weight excluding hydrogens is 302 g/mol. The Hall–Kier alpha value is -0.920. The van der Waals surface area contributed by atoms with Crippen molar-refractivity contribution < 1.29 is 9.47 Å². The van der Waals surface area contributed by atoms with Gasteiger partial charge in [-0.15, -0.1) is 0 Å². The van der Waals surface area contributed by atoms with Gasteiger partial charge < -0.3 is 19.4 Å². The lowest BCUT2D eigenvalue weighted by atomic mass is 10.0. The summed E-state index contributed by atoms with van der Waals surface area (Å²) in [6, 6.07) is 0. The van der Waals surface area contributed by atoms with Gasteiger partial charge in [0, 0.05) is 25.9 Å². The Morgan fingerprint density at radius 2 is 2.00 bits per heavy atom. The van der Waals surface area contributed by atoms with Crippen LogP contribution in [0.5, 0.6) is 0 Å². The number of hydrogen-bond acceptors (Lipinski definition) is 5. The van der Waals surface area contributed by atoms with Crippen LogP contribution >= 0.6 is 15.9 Å². The number of nitrogens with zero attached hydrogens (tertiary/aromatic N) is 2. The third kappa shape index (κ3) is 2.06. The van der Waals surface area contributed by atoms with Gasteiger partial charge in [-0.25, -0.2) is 4.98 Å². The largest absolute Gasteiger partial charge is 0.355 e. The first-order valence-corrected chi connectivity index (χ1v) is 6.76. The second-order valence-corrected chi connectivity index (χ2v) is 5.26. The van der Waals surface area contributed by atoms with Crippen LogP contribution in [-0.4, -0.2) is 42.1 Å². The number of anilines is 1. The summed E-state index contributed by atoms with van der Waals surface area (Å²) in [5.74, 6) is 0.288. The van der Waals surface area contributed by atoms with E-state index in [1.54, 1.807) is 0 Å². The van der Waals surface area contributed by atoms with Crippen LogP contribution < -0.4 is 10.5 Å². The number of nitrogens with one attached hydrogen (secondary N) is 1. The average molecular weight is 316 g/mol. The lowest BCUT2D eigenvalue weighted by molar-refractivity contribution is -0.169. The highest BCUT2D eigenvalue weighted by Crippen LogP contribution is 2.33. The Labute approximate surface area is 112 Å². The highest BCUT2D eigenvalue weighted by atomic mass is 79.9.